The van der Waals surface area contributed by atoms with Gasteiger partial charge in [0, 0.05) is 23.3 Å². The van der Waals surface area contributed by atoms with Crippen LogP contribution in [0.25, 0.3) is 28.0 Å². The lowest BCUT2D eigenvalue weighted by molar-refractivity contribution is -0.137. The van der Waals surface area contributed by atoms with Gasteiger partial charge in [0.25, 0.3) is 5.91 Å². The van der Waals surface area contributed by atoms with Gasteiger partial charge in [-0.3, -0.25) is 4.79 Å². The van der Waals surface area contributed by atoms with Crippen molar-refractivity contribution in [2.75, 3.05) is 5.32 Å². The van der Waals surface area contributed by atoms with E-state index < -0.39 is 40.7 Å². The average molecular weight is 521 g/mol. The molecule has 0 saturated carbocycles. The van der Waals surface area contributed by atoms with Crippen LogP contribution in [0.5, 0.6) is 0 Å². The van der Waals surface area contributed by atoms with Gasteiger partial charge < -0.3 is 10.4 Å². The van der Waals surface area contributed by atoms with Crippen LogP contribution in [0.2, 0.25) is 0 Å². The summed E-state index contributed by atoms with van der Waals surface area (Å²) in [6.45, 7) is 1.60. The third-order valence-electron chi connectivity index (χ3n) is 5.88. The second-order valence-corrected chi connectivity index (χ2v) is 8.45. The maximum Gasteiger partial charge on any atom is 0.417 e. The largest absolute Gasteiger partial charge is 0.417 e. The number of fused-ring (bicyclic) bond motifs is 1. The van der Waals surface area contributed by atoms with Crippen molar-refractivity contribution in [3.63, 3.8) is 0 Å². The highest BCUT2D eigenvalue weighted by atomic mass is 19.4. The summed E-state index contributed by atoms with van der Waals surface area (Å²) in [4.78, 5) is 21.0. The molecule has 0 aliphatic heterocycles. The van der Waals surface area contributed by atoms with Crippen molar-refractivity contribution in [3.8, 4) is 17.1 Å². The summed E-state index contributed by atoms with van der Waals surface area (Å²) in [6, 6.07) is 16.2. The standard InChI is InChI=1S/C27H19F4N5O2/c1-15(37)16-8-9-18-23(12-16)35-36(17-6-3-2-4-7-17)25(18)34-26(38)20-13-19(24-32-10-5-11-33-24)21(14-22(20)28)27(29,30)31/h2-15,37H,1H3,(H,34,38)/t15-/m1/s1. The highest BCUT2D eigenvalue weighted by molar-refractivity contribution is 6.09. The fraction of sp³-hybridized carbons (Fsp3) is 0.111. The molecular formula is C27H19F4N5O2. The summed E-state index contributed by atoms with van der Waals surface area (Å²) < 4.78 is 57.5. The molecule has 3 aromatic carbocycles. The molecule has 2 N–H and O–H groups in total. The van der Waals surface area contributed by atoms with Crippen LogP contribution < -0.4 is 5.32 Å². The van der Waals surface area contributed by atoms with Crippen LogP contribution in [0.4, 0.5) is 23.4 Å². The Morgan fingerprint density at radius 1 is 1.00 bits per heavy atom. The molecule has 1 amide bonds. The smallest absolute Gasteiger partial charge is 0.389 e. The molecule has 0 saturated heterocycles. The predicted octanol–water partition coefficient (Wildman–Crippen LogP) is 5.95. The second kappa shape index (κ2) is 9.67. The predicted molar refractivity (Wildman–Crippen MR) is 132 cm³/mol. The summed E-state index contributed by atoms with van der Waals surface area (Å²) >= 11 is 0. The van der Waals surface area contributed by atoms with E-state index in [4.69, 9.17) is 0 Å². The van der Waals surface area contributed by atoms with E-state index in [2.05, 4.69) is 20.4 Å². The molecule has 2 heterocycles. The van der Waals surface area contributed by atoms with Gasteiger partial charge in [-0.25, -0.2) is 19.0 Å². The van der Waals surface area contributed by atoms with Gasteiger partial charge in [0.05, 0.1) is 28.4 Å². The van der Waals surface area contributed by atoms with Crippen molar-refractivity contribution in [1.29, 1.82) is 0 Å². The number of anilines is 1. The van der Waals surface area contributed by atoms with Crippen molar-refractivity contribution in [2.24, 2.45) is 0 Å². The molecule has 7 nitrogen and oxygen atoms in total. The zero-order chi connectivity index (χ0) is 27.0. The van der Waals surface area contributed by atoms with Crippen LogP contribution in [0.1, 0.15) is 34.5 Å². The highest BCUT2D eigenvalue weighted by Crippen LogP contribution is 2.38. The number of alkyl halides is 3. The van der Waals surface area contributed by atoms with Gasteiger partial charge in [-0.05, 0) is 55.0 Å². The Labute approximate surface area is 213 Å². The molecule has 5 rings (SSSR count). The van der Waals surface area contributed by atoms with E-state index in [1.807, 2.05) is 0 Å². The van der Waals surface area contributed by atoms with Gasteiger partial charge in [0.2, 0.25) is 0 Å². The lowest BCUT2D eigenvalue weighted by Crippen LogP contribution is -2.18. The number of amides is 1. The second-order valence-electron chi connectivity index (χ2n) is 8.45. The zero-order valence-electron chi connectivity index (χ0n) is 19.7. The van der Waals surface area contributed by atoms with Crippen molar-refractivity contribution in [2.45, 2.75) is 19.2 Å². The maximum absolute atomic E-state index is 15.0. The van der Waals surface area contributed by atoms with Gasteiger partial charge in [0.1, 0.15) is 11.6 Å². The molecule has 0 bridgehead atoms. The van der Waals surface area contributed by atoms with E-state index in [0.29, 0.717) is 22.2 Å². The Morgan fingerprint density at radius 2 is 1.71 bits per heavy atom. The van der Waals surface area contributed by atoms with Gasteiger partial charge in [-0.1, -0.05) is 24.3 Å². The molecule has 0 aliphatic carbocycles. The molecule has 0 spiro atoms. The highest BCUT2D eigenvalue weighted by Gasteiger charge is 2.36. The minimum absolute atomic E-state index is 0.171. The van der Waals surface area contributed by atoms with Crippen molar-refractivity contribution >= 4 is 22.6 Å². The molecule has 0 aliphatic rings. The SMILES string of the molecule is C[C@@H](O)c1ccc2c(NC(=O)c3cc(-c4ncccn4)c(C(F)(F)F)cc3F)n(-c3ccccc3)nc2c1. The fourth-order valence-electron chi connectivity index (χ4n) is 4.02. The number of aliphatic hydroxyl groups is 1. The number of rotatable bonds is 5. The van der Waals surface area contributed by atoms with E-state index in [1.54, 1.807) is 55.5 Å². The summed E-state index contributed by atoms with van der Waals surface area (Å²) in [7, 11) is 0. The number of benzene rings is 3. The number of nitrogens with zero attached hydrogens (tertiary/aromatic N) is 4. The topological polar surface area (TPSA) is 92.9 Å². The first-order chi connectivity index (χ1) is 18.1. The molecule has 38 heavy (non-hydrogen) atoms. The van der Waals surface area contributed by atoms with Crippen molar-refractivity contribution in [1.82, 2.24) is 19.7 Å². The molecule has 2 aromatic heterocycles. The Hall–Kier alpha value is -4.64. The van der Waals surface area contributed by atoms with E-state index >= 15 is 0 Å². The first kappa shape index (κ1) is 25.0. The van der Waals surface area contributed by atoms with E-state index in [1.165, 1.54) is 23.1 Å². The number of hydrogen-bond donors (Lipinski definition) is 2. The molecule has 0 radical (unpaired) electrons. The lowest BCUT2D eigenvalue weighted by atomic mass is 10.0. The molecule has 5 aromatic rings. The number of nitrogens with one attached hydrogen (secondary N) is 1. The van der Waals surface area contributed by atoms with Gasteiger partial charge in [-0.2, -0.15) is 18.3 Å². The first-order valence-electron chi connectivity index (χ1n) is 11.4. The Bertz CT molecular complexity index is 1630. The maximum atomic E-state index is 15.0. The number of halogens is 4. The van der Waals surface area contributed by atoms with Gasteiger partial charge in [0.15, 0.2) is 5.82 Å². The molecular weight excluding hydrogens is 502 g/mol. The van der Waals surface area contributed by atoms with Crippen LogP contribution in [0, 0.1) is 5.82 Å². The molecule has 0 unspecified atom stereocenters. The number of para-hydroxylation sites is 1. The minimum Gasteiger partial charge on any atom is -0.389 e. The normalized spacial score (nSPS) is 12.5. The summed E-state index contributed by atoms with van der Waals surface area (Å²) in [5.41, 5.74) is -0.863. The van der Waals surface area contributed by atoms with Gasteiger partial charge in [-0.15, -0.1) is 0 Å². The van der Waals surface area contributed by atoms with E-state index in [0.717, 1.165) is 6.07 Å². The van der Waals surface area contributed by atoms with Crippen molar-refractivity contribution in [3.05, 3.63) is 102 Å². The Morgan fingerprint density at radius 3 is 2.37 bits per heavy atom. The van der Waals surface area contributed by atoms with Crippen LogP contribution in [0.15, 0.2) is 79.1 Å². The fourth-order valence-corrected chi connectivity index (χ4v) is 4.02. The van der Waals surface area contributed by atoms with Crippen LogP contribution in [0.3, 0.4) is 0 Å². The number of aliphatic hydroxyl groups excluding tert-OH is 1. The first-order valence-corrected chi connectivity index (χ1v) is 11.4. The third kappa shape index (κ3) is 4.71. The monoisotopic (exact) mass is 521 g/mol. The summed E-state index contributed by atoms with van der Waals surface area (Å²) in [6.07, 6.45) is -3.18. The number of carbonyl (C=O) groups is 1. The lowest BCUT2D eigenvalue weighted by Gasteiger charge is -2.15. The number of aromatic nitrogens is 4. The Balaban J connectivity index is 1.63. The summed E-state index contributed by atoms with van der Waals surface area (Å²) in [5, 5.41) is 17.6. The van der Waals surface area contributed by atoms with Crippen molar-refractivity contribution < 1.29 is 27.5 Å². The Kier molecular flexibility index (Phi) is 6.37. The number of hydrogen-bond acceptors (Lipinski definition) is 5. The number of carbonyl (C=O) groups excluding carboxylic acids is 1. The van der Waals surface area contributed by atoms with E-state index in [9.17, 15) is 27.5 Å². The van der Waals surface area contributed by atoms with Gasteiger partial charge >= 0.3 is 6.18 Å². The minimum atomic E-state index is -4.91. The summed E-state index contributed by atoms with van der Waals surface area (Å²) in [5.74, 6) is -2.49. The average Bonchev–Trinajstić information content (AvgIpc) is 3.26. The van der Waals surface area contributed by atoms with Crippen LogP contribution in [-0.4, -0.2) is 30.8 Å². The van der Waals surface area contributed by atoms with Crippen LogP contribution in [-0.2, 0) is 6.18 Å². The zero-order valence-corrected chi connectivity index (χ0v) is 19.7. The van der Waals surface area contributed by atoms with Crippen LogP contribution >= 0.6 is 0 Å². The molecule has 11 heteroatoms. The molecule has 1 atom stereocenters. The quantitative estimate of drug-likeness (QED) is 0.279. The third-order valence-corrected chi connectivity index (χ3v) is 5.88. The molecule has 192 valence electrons. The molecule has 0 fully saturated rings. The van der Waals surface area contributed by atoms with E-state index in [-0.39, 0.29) is 17.7 Å².